The van der Waals surface area contributed by atoms with E-state index < -0.39 is 5.91 Å². The lowest BCUT2D eigenvalue weighted by atomic mass is 10.1. The number of nitriles is 1. The van der Waals surface area contributed by atoms with Crippen molar-refractivity contribution in [2.45, 2.75) is 20.8 Å². The minimum atomic E-state index is -0.625. The molecule has 3 nitrogen and oxygen atoms in total. The van der Waals surface area contributed by atoms with E-state index >= 15 is 0 Å². The normalized spacial score (nSPS) is 9.29. The SMILES string of the molecule is Cc1cc(C)c(NC(=O)C#N)c(C)c1. The summed E-state index contributed by atoms with van der Waals surface area (Å²) in [7, 11) is 0. The lowest BCUT2D eigenvalue weighted by molar-refractivity contribution is -0.111. The van der Waals surface area contributed by atoms with Crippen LogP contribution in [0.15, 0.2) is 12.1 Å². The number of nitrogens with one attached hydrogen (secondary N) is 1. The second kappa shape index (κ2) is 3.93. The standard InChI is InChI=1S/C11H12N2O/c1-7-4-8(2)11(9(3)5-7)13-10(14)6-12/h4-5H,1-3H3,(H,13,14). The van der Waals surface area contributed by atoms with E-state index in [1.54, 1.807) is 0 Å². The predicted octanol–water partition coefficient (Wildman–Crippen LogP) is 2.07. The number of aryl methyl sites for hydroxylation is 3. The molecule has 0 fully saturated rings. The first-order valence-electron chi connectivity index (χ1n) is 4.33. The highest BCUT2D eigenvalue weighted by molar-refractivity contribution is 6.03. The van der Waals surface area contributed by atoms with Crippen LogP contribution >= 0.6 is 0 Å². The molecule has 1 N–H and O–H groups in total. The van der Waals surface area contributed by atoms with E-state index in [1.165, 1.54) is 6.07 Å². The largest absolute Gasteiger partial charge is 0.326 e. The first-order valence-corrected chi connectivity index (χ1v) is 4.33. The van der Waals surface area contributed by atoms with Gasteiger partial charge in [0.15, 0.2) is 6.07 Å². The van der Waals surface area contributed by atoms with Crippen molar-refractivity contribution in [3.8, 4) is 6.07 Å². The molecule has 0 heterocycles. The van der Waals surface area contributed by atoms with E-state index in [4.69, 9.17) is 5.26 Å². The number of hydrogen-bond donors (Lipinski definition) is 1. The van der Waals surface area contributed by atoms with Crippen LogP contribution in [0, 0.1) is 32.1 Å². The molecule has 0 aliphatic carbocycles. The molecule has 0 saturated carbocycles. The van der Waals surface area contributed by atoms with Crippen LogP contribution in [-0.4, -0.2) is 5.91 Å². The average molecular weight is 188 g/mol. The highest BCUT2D eigenvalue weighted by Crippen LogP contribution is 2.21. The highest BCUT2D eigenvalue weighted by atomic mass is 16.1. The van der Waals surface area contributed by atoms with Gasteiger partial charge in [-0.2, -0.15) is 5.26 Å². The van der Waals surface area contributed by atoms with E-state index in [1.807, 2.05) is 32.9 Å². The summed E-state index contributed by atoms with van der Waals surface area (Å²) in [6, 6.07) is 5.48. The monoisotopic (exact) mass is 188 g/mol. The maximum atomic E-state index is 10.9. The number of amides is 1. The minimum absolute atomic E-state index is 0.625. The summed E-state index contributed by atoms with van der Waals surface area (Å²) in [6.07, 6.45) is 0. The average Bonchev–Trinajstić information content (AvgIpc) is 2.10. The van der Waals surface area contributed by atoms with Gasteiger partial charge in [0, 0.05) is 5.69 Å². The lowest BCUT2D eigenvalue weighted by Crippen LogP contribution is -2.10. The van der Waals surface area contributed by atoms with Crippen molar-refractivity contribution < 1.29 is 4.79 Å². The zero-order valence-electron chi connectivity index (χ0n) is 8.51. The number of benzene rings is 1. The van der Waals surface area contributed by atoms with Crippen LogP contribution in [0.5, 0.6) is 0 Å². The Morgan fingerprint density at radius 1 is 1.29 bits per heavy atom. The molecule has 1 aromatic rings. The van der Waals surface area contributed by atoms with E-state index in [9.17, 15) is 4.79 Å². The number of rotatable bonds is 1. The van der Waals surface area contributed by atoms with Crippen LogP contribution in [0.4, 0.5) is 5.69 Å². The summed E-state index contributed by atoms with van der Waals surface area (Å²) < 4.78 is 0. The van der Waals surface area contributed by atoms with Gasteiger partial charge in [0.1, 0.15) is 0 Å². The van der Waals surface area contributed by atoms with Gasteiger partial charge >= 0.3 is 5.91 Å². The molecule has 0 aromatic heterocycles. The summed E-state index contributed by atoms with van der Waals surface area (Å²) in [6.45, 7) is 5.82. The Kier molecular flexibility index (Phi) is 2.88. The summed E-state index contributed by atoms with van der Waals surface area (Å²) in [5.41, 5.74) is 3.84. The molecule has 0 spiro atoms. The van der Waals surface area contributed by atoms with Gasteiger partial charge in [0.2, 0.25) is 0 Å². The van der Waals surface area contributed by atoms with Crippen molar-refractivity contribution in [1.29, 1.82) is 5.26 Å². The van der Waals surface area contributed by atoms with Gasteiger partial charge in [-0.15, -0.1) is 0 Å². The van der Waals surface area contributed by atoms with E-state index in [-0.39, 0.29) is 0 Å². The second-order valence-corrected chi connectivity index (χ2v) is 3.34. The molecule has 3 heteroatoms. The number of nitrogens with zero attached hydrogens (tertiary/aromatic N) is 1. The molecule has 0 atom stereocenters. The van der Waals surface area contributed by atoms with Gasteiger partial charge in [-0.05, 0) is 31.9 Å². The first-order chi connectivity index (χ1) is 6.54. The maximum Gasteiger partial charge on any atom is 0.326 e. The van der Waals surface area contributed by atoms with Crippen LogP contribution < -0.4 is 5.32 Å². The van der Waals surface area contributed by atoms with Gasteiger partial charge in [0.05, 0.1) is 0 Å². The van der Waals surface area contributed by atoms with Crippen molar-refractivity contribution in [3.63, 3.8) is 0 Å². The Morgan fingerprint density at radius 3 is 2.21 bits per heavy atom. The van der Waals surface area contributed by atoms with Crippen molar-refractivity contribution in [2.75, 3.05) is 5.32 Å². The molecule has 1 rings (SSSR count). The Labute approximate surface area is 83.4 Å². The highest BCUT2D eigenvalue weighted by Gasteiger charge is 2.06. The van der Waals surface area contributed by atoms with Crippen molar-refractivity contribution in [1.82, 2.24) is 0 Å². The summed E-state index contributed by atoms with van der Waals surface area (Å²) in [5, 5.41) is 10.9. The minimum Gasteiger partial charge on any atom is -0.313 e. The number of carbonyl (C=O) groups is 1. The fourth-order valence-electron chi connectivity index (χ4n) is 1.52. The van der Waals surface area contributed by atoms with E-state index in [0.717, 1.165) is 22.4 Å². The molecular weight excluding hydrogens is 176 g/mol. The molecule has 14 heavy (non-hydrogen) atoms. The molecule has 0 aliphatic rings. The molecule has 72 valence electrons. The van der Waals surface area contributed by atoms with Crippen LogP contribution in [0.1, 0.15) is 16.7 Å². The molecule has 1 aromatic carbocycles. The molecule has 1 amide bonds. The third-order valence-electron chi connectivity index (χ3n) is 2.02. The quantitative estimate of drug-likeness (QED) is 0.686. The van der Waals surface area contributed by atoms with Gasteiger partial charge < -0.3 is 5.32 Å². The van der Waals surface area contributed by atoms with Gasteiger partial charge in [0.25, 0.3) is 0 Å². The predicted molar refractivity (Wildman–Crippen MR) is 54.9 cm³/mol. The summed E-state index contributed by atoms with van der Waals surface area (Å²) in [4.78, 5) is 10.9. The van der Waals surface area contributed by atoms with E-state index in [2.05, 4.69) is 5.32 Å². The molecule has 0 bridgehead atoms. The Hall–Kier alpha value is -1.82. The van der Waals surface area contributed by atoms with Gasteiger partial charge in [-0.1, -0.05) is 17.7 Å². The number of anilines is 1. The topological polar surface area (TPSA) is 52.9 Å². The van der Waals surface area contributed by atoms with Crippen LogP contribution in [0.25, 0.3) is 0 Å². The Morgan fingerprint density at radius 2 is 1.79 bits per heavy atom. The van der Waals surface area contributed by atoms with Gasteiger partial charge in [-0.3, -0.25) is 4.79 Å². The van der Waals surface area contributed by atoms with E-state index in [0.29, 0.717) is 0 Å². The third kappa shape index (κ3) is 2.11. The van der Waals surface area contributed by atoms with Crippen molar-refractivity contribution in [2.24, 2.45) is 0 Å². The third-order valence-corrected chi connectivity index (χ3v) is 2.02. The van der Waals surface area contributed by atoms with Crippen LogP contribution in [0.3, 0.4) is 0 Å². The Bertz CT molecular complexity index is 393. The zero-order valence-corrected chi connectivity index (χ0v) is 8.51. The maximum absolute atomic E-state index is 10.9. The Balaban J connectivity index is 3.10. The second-order valence-electron chi connectivity index (χ2n) is 3.34. The fraction of sp³-hybridized carbons (Fsp3) is 0.273. The molecule has 0 unspecified atom stereocenters. The fourth-order valence-corrected chi connectivity index (χ4v) is 1.52. The molecule has 0 radical (unpaired) electrons. The van der Waals surface area contributed by atoms with Crippen LogP contribution in [-0.2, 0) is 4.79 Å². The summed E-state index contributed by atoms with van der Waals surface area (Å²) in [5.74, 6) is -0.625. The van der Waals surface area contributed by atoms with Gasteiger partial charge in [-0.25, -0.2) is 0 Å². The van der Waals surface area contributed by atoms with Crippen molar-refractivity contribution >= 4 is 11.6 Å². The molecular formula is C11H12N2O. The first kappa shape index (κ1) is 10.3. The number of carbonyl (C=O) groups excluding carboxylic acids is 1. The number of hydrogen-bond acceptors (Lipinski definition) is 2. The van der Waals surface area contributed by atoms with Crippen LogP contribution in [0.2, 0.25) is 0 Å². The van der Waals surface area contributed by atoms with Crippen molar-refractivity contribution in [3.05, 3.63) is 28.8 Å². The molecule has 0 saturated heterocycles. The lowest BCUT2D eigenvalue weighted by Gasteiger charge is -2.10. The zero-order chi connectivity index (χ0) is 10.7. The smallest absolute Gasteiger partial charge is 0.313 e. The summed E-state index contributed by atoms with van der Waals surface area (Å²) >= 11 is 0. The molecule has 0 aliphatic heterocycles.